The molecule has 68 valence electrons. The summed E-state index contributed by atoms with van der Waals surface area (Å²) in [6, 6.07) is 0.428. The monoisotopic (exact) mass is 169 g/mol. The topological polar surface area (TPSA) is 58.4 Å². The quantitative estimate of drug-likeness (QED) is 0.536. The number of rotatable bonds is 2. The summed E-state index contributed by atoms with van der Waals surface area (Å²) in [5.74, 6) is 1.38. The standard InChI is InChI=1S/C8H15N3O/c1-11-3-5-6(4-11)8(5)10-7(12)2-9/h5-6,8H,2-4,9H2,1H3,(H,10,12). The minimum Gasteiger partial charge on any atom is -0.352 e. The van der Waals surface area contributed by atoms with Crippen LogP contribution in [0.25, 0.3) is 0 Å². The zero-order valence-corrected chi connectivity index (χ0v) is 7.29. The molecule has 2 unspecified atom stereocenters. The van der Waals surface area contributed by atoms with Gasteiger partial charge in [0.15, 0.2) is 0 Å². The number of hydrogen-bond acceptors (Lipinski definition) is 3. The minimum absolute atomic E-state index is 0.0166. The summed E-state index contributed by atoms with van der Waals surface area (Å²) >= 11 is 0. The van der Waals surface area contributed by atoms with E-state index in [9.17, 15) is 4.79 Å². The van der Waals surface area contributed by atoms with Gasteiger partial charge in [-0.15, -0.1) is 0 Å². The number of fused-ring (bicyclic) bond motifs is 1. The van der Waals surface area contributed by atoms with Crippen molar-refractivity contribution in [1.82, 2.24) is 10.2 Å². The van der Waals surface area contributed by atoms with E-state index in [1.165, 1.54) is 0 Å². The van der Waals surface area contributed by atoms with Crippen molar-refractivity contribution in [3.05, 3.63) is 0 Å². The van der Waals surface area contributed by atoms with Gasteiger partial charge in [0.1, 0.15) is 0 Å². The lowest BCUT2D eigenvalue weighted by Crippen LogP contribution is -2.36. The molecule has 1 saturated carbocycles. The van der Waals surface area contributed by atoms with Gasteiger partial charge in [0.05, 0.1) is 6.54 Å². The van der Waals surface area contributed by atoms with Gasteiger partial charge in [-0.3, -0.25) is 4.79 Å². The second-order valence-corrected chi connectivity index (χ2v) is 3.85. The van der Waals surface area contributed by atoms with Crippen LogP contribution in [0, 0.1) is 11.8 Å². The third-order valence-corrected chi connectivity index (χ3v) is 2.89. The first-order valence-electron chi connectivity index (χ1n) is 4.40. The Bertz CT molecular complexity index is 194. The van der Waals surface area contributed by atoms with Crippen LogP contribution in [0.4, 0.5) is 0 Å². The Labute approximate surface area is 72.1 Å². The van der Waals surface area contributed by atoms with Gasteiger partial charge in [-0.05, 0) is 18.9 Å². The maximum absolute atomic E-state index is 10.9. The van der Waals surface area contributed by atoms with E-state index >= 15 is 0 Å². The van der Waals surface area contributed by atoms with Crippen LogP contribution in [0.1, 0.15) is 0 Å². The number of nitrogens with zero attached hydrogens (tertiary/aromatic N) is 1. The van der Waals surface area contributed by atoms with Crippen LogP contribution in [-0.2, 0) is 4.79 Å². The number of nitrogens with two attached hydrogens (primary N) is 1. The van der Waals surface area contributed by atoms with Gasteiger partial charge in [0.25, 0.3) is 0 Å². The third kappa shape index (κ3) is 1.21. The predicted molar refractivity (Wildman–Crippen MR) is 45.5 cm³/mol. The molecule has 3 N–H and O–H groups in total. The first-order chi connectivity index (χ1) is 5.72. The smallest absolute Gasteiger partial charge is 0.233 e. The van der Waals surface area contributed by atoms with Crippen molar-refractivity contribution in [2.24, 2.45) is 17.6 Å². The summed E-state index contributed by atoms with van der Waals surface area (Å²) < 4.78 is 0. The minimum atomic E-state index is -0.0166. The summed E-state index contributed by atoms with van der Waals surface area (Å²) in [6.07, 6.45) is 0. The van der Waals surface area contributed by atoms with Gasteiger partial charge in [-0.2, -0.15) is 0 Å². The summed E-state index contributed by atoms with van der Waals surface area (Å²) in [7, 11) is 2.12. The molecule has 2 fully saturated rings. The molecule has 2 atom stereocenters. The fourth-order valence-corrected chi connectivity index (χ4v) is 2.20. The second-order valence-electron chi connectivity index (χ2n) is 3.85. The number of likely N-dealkylation sites (tertiary alicyclic amines) is 1. The lowest BCUT2D eigenvalue weighted by atomic mass is 10.4. The van der Waals surface area contributed by atoms with Crippen LogP contribution in [0.15, 0.2) is 0 Å². The lowest BCUT2D eigenvalue weighted by molar-refractivity contribution is -0.120. The summed E-state index contributed by atoms with van der Waals surface area (Å²) in [6.45, 7) is 2.37. The van der Waals surface area contributed by atoms with E-state index in [0.29, 0.717) is 17.9 Å². The molecule has 12 heavy (non-hydrogen) atoms. The molecule has 1 aliphatic carbocycles. The highest BCUT2D eigenvalue weighted by molar-refractivity contribution is 5.78. The van der Waals surface area contributed by atoms with Crippen molar-refractivity contribution in [2.45, 2.75) is 6.04 Å². The Hall–Kier alpha value is -0.610. The van der Waals surface area contributed by atoms with Crippen LogP contribution in [0.2, 0.25) is 0 Å². The highest BCUT2D eigenvalue weighted by Gasteiger charge is 2.55. The summed E-state index contributed by atoms with van der Waals surface area (Å²) in [5, 5.41) is 2.94. The molecule has 0 aromatic rings. The largest absolute Gasteiger partial charge is 0.352 e. The molecular weight excluding hydrogens is 154 g/mol. The Morgan fingerprint density at radius 1 is 1.58 bits per heavy atom. The second kappa shape index (κ2) is 2.71. The molecule has 1 heterocycles. The van der Waals surface area contributed by atoms with Crippen LogP contribution in [0.5, 0.6) is 0 Å². The van der Waals surface area contributed by atoms with E-state index in [-0.39, 0.29) is 12.5 Å². The van der Waals surface area contributed by atoms with Gasteiger partial charge in [0, 0.05) is 19.1 Å². The zero-order valence-electron chi connectivity index (χ0n) is 7.29. The maximum Gasteiger partial charge on any atom is 0.233 e. The van der Waals surface area contributed by atoms with Crippen molar-refractivity contribution in [3.63, 3.8) is 0 Å². The van der Waals surface area contributed by atoms with Crippen LogP contribution in [0.3, 0.4) is 0 Å². The molecule has 0 radical (unpaired) electrons. The fraction of sp³-hybridized carbons (Fsp3) is 0.875. The van der Waals surface area contributed by atoms with Crippen molar-refractivity contribution < 1.29 is 4.79 Å². The number of carbonyl (C=O) groups is 1. The fourth-order valence-electron chi connectivity index (χ4n) is 2.20. The van der Waals surface area contributed by atoms with Crippen LogP contribution in [-0.4, -0.2) is 43.5 Å². The van der Waals surface area contributed by atoms with Gasteiger partial charge in [0.2, 0.25) is 5.91 Å². The Morgan fingerprint density at radius 2 is 2.17 bits per heavy atom. The highest BCUT2D eigenvalue weighted by Crippen LogP contribution is 2.44. The van der Waals surface area contributed by atoms with E-state index in [4.69, 9.17) is 5.73 Å². The summed E-state index contributed by atoms with van der Waals surface area (Å²) in [5.41, 5.74) is 5.20. The highest BCUT2D eigenvalue weighted by atomic mass is 16.1. The average molecular weight is 169 g/mol. The average Bonchev–Trinajstić information content (AvgIpc) is 2.51. The molecule has 4 nitrogen and oxygen atoms in total. The molecule has 2 aliphatic rings. The predicted octanol–water partition coefficient (Wildman–Crippen LogP) is -1.38. The van der Waals surface area contributed by atoms with Gasteiger partial charge < -0.3 is 16.0 Å². The molecule has 1 amide bonds. The molecule has 2 rings (SSSR count). The molecule has 1 saturated heterocycles. The van der Waals surface area contributed by atoms with E-state index in [1.54, 1.807) is 0 Å². The van der Waals surface area contributed by atoms with E-state index < -0.39 is 0 Å². The molecular formula is C8H15N3O. The number of piperidine rings is 1. The number of carbonyl (C=O) groups excluding carboxylic acids is 1. The Kier molecular flexibility index (Phi) is 1.81. The van der Waals surface area contributed by atoms with E-state index in [2.05, 4.69) is 17.3 Å². The normalized spacial score (nSPS) is 39.3. The zero-order chi connectivity index (χ0) is 8.72. The van der Waals surface area contributed by atoms with Gasteiger partial charge in [-0.1, -0.05) is 0 Å². The maximum atomic E-state index is 10.9. The van der Waals surface area contributed by atoms with Crippen molar-refractivity contribution >= 4 is 5.91 Å². The molecule has 0 aromatic carbocycles. The van der Waals surface area contributed by atoms with Crippen LogP contribution >= 0.6 is 0 Å². The van der Waals surface area contributed by atoms with Gasteiger partial charge in [-0.25, -0.2) is 0 Å². The van der Waals surface area contributed by atoms with Crippen molar-refractivity contribution in [2.75, 3.05) is 26.7 Å². The van der Waals surface area contributed by atoms with Crippen molar-refractivity contribution in [1.29, 1.82) is 0 Å². The first kappa shape index (κ1) is 8.01. The lowest BCUT2D eigenvalue weighted by Gasteiger charge is -2.13. The first-order valence-corrected chi connectivity index (χ1v) is 4.40. The molecule has 0 bridgehead atoms. The number of hydrogen-bond donors (Lipinski definition) is 2. The third-order valence-electron chi connectivity index (χ3n) is 2.89. The van der Waals surface area contributed by atoms with E-state index in [1.807, 2.05) is 0 Å². The molecule has 0 spiro atoms. The summed E-state index contributed by atoms with van der Waals surface area (Å²) in [4.78, 5) is 13.2. The van der Waals surface area contributed by atoms with Crippen molar-refractivity contribution in [3.8, 4) is 0 Å². The van der Waals surface area contributed by atoms with E-state index in [0.717, 1.165) is 13.1 Å². The number of nitrogens with one attached hydrogen (secondary N) is 1. The Balaban J connectivity index is 1.79. The SMILES string of the molecule is CN1CC2C(C1)C2NC(=O)CN. The number of amides is 1. The van der Waals surface area contributed by atoms with Gasteiger partial charge >= 0.3 is 0 Å². The Morgan fingerprint density at radius 3 is 2.67 bits per heavy atom. The van der Waals surface area contributed by atoms with Crippen LogP contribution < -0.4 is 11.1 Å². The molecule has 1 aliphatic heterocycles. The molecule has 0 aromatic heterocycles. The molecule has 4 heteroatoms.